The van der Waals surface area contributed by atoms with E-state index in [0.717, 1.165) is 6.42 Å². The average Bonchev–Trinajstić information content (AvgIpc) is 2.35. The molecule has 0 atom stereocenters. The third kappa shape index (κ3) is 0.760. The number of hydrogen-bond acceptors (Lipinski definition) is 3. The van der Waals surface area contributed by atoms with Crippen molar-refractivity contribution in [1.82, 2.24) is 14.8 Å². The molecule has 1 saturated carbocycles. The van der Waals surface area contributed by atoms with Gasteiger partial charge in [-0.25, -0.2) is 4.79 Å². The van der Waals surface area contributed by atoms with Gasteiger partial charge in [0, 0.05) is 0 Å². The monoisotopic (exact) mass is 167 g/mol. The fraction of sp³-hybridized carbons (Fsp3) is 0.571. The molecule has 0 radical (unpaired) electrons. The van der Waals surface area contributed by atoms with Crippen molar-refractivity contribution in [2.75, 3.05) is 0 Å². The van der Waals surface area contributed by atoms with E-state index in [-0.39, 0.29) is 0 Å². The Labute approximate surface area is 69.0 Å². The topological polar surface area (TPSA) is 68.0 Å². The van der Waals surface area contributed by atoms with Crippen LogP contribution in [0.15, 0.2) is 12.7 Å². The molecule has 1 aromatic rings. The molecule has 1 fully saturated rings. The van der Waals surface area contributed by atoms with Crippen LogP contribution in [-0.2, 0) is 10.3 Å². The molecule has 0 unspecified atom stereocenters. The predicted molar refractivity (Wildman–Crippen MR) is 39.5 cm³/mol. The lowest BCUT2D eigenvalue weighted by Crippen LogP contribution is -2.47. The summed E-state index contributed by atoms with van der Waals surface area (Å²) in [5.41, 5.74) is -0.747. The van der Waals surface area contributed by atoms with Crippen LogP contribution in [0.25, 0.3) is 0 Å². The van der Waals surface area contributed by atoms with Gasteiger partial charge < -0.3 is 9.67 Å². The van der Waals surface area contributed by atoms with Gasteiger partial charge in [-0.05, 0) is 19.3 Å². The summed E-state index contributed by atoms with van der Waals surface area (Å²) in [4.78, 5) is 10.9. The minimum absolute atomic E-state index is 0.681. The summed E-state index contributed by atoms with van der Waals surface area (Å²) < 4.78 is 1.58. The van der Waals surface area contributed by atoms with Gasteiger partial charge in [0.2, 0.25) is 0 Å². The second-order valence-electron chi connectivity index (χ2n) is 3.06. The van der Waals surface area contributed by atoms with Crippen molar-refractivity contribution in [1.29, 1.82) is 0 Å². The third-order valence-electron chi connectivity index (χ3n) is 2.49. The highest BCUT2D eigenvalue weighted by atomic mass is 16.4. The zero-order valence-electron chi connectivity index (χ0n) is 6.47. The van der Waals surface area contributed by atoms with Crippen LogP contribution in [0.2, 0.25) is 0 Å². The van der Waals surface area contributed by atoms with E-state index < -0.39 is 11.5 Å². The lowest BCUT2D eigenvalue weighted by Gasteiger charge is -2.38. The summed E-state index contributed by atoms with van der Waals surface area (Å²) >= 11 is 0. The van der Waals surface area contributed by atoms with Crippen molar-refractivity contribution < 1.29 is 9.90 Å². The largest absolute Gasteiger partial charge is 0.479 e. The second-order valence-corrected chi connectivity index (χ2v) is 3.06. The van der Waals surface area contributed by atoms with Gasteiger partial charge in [-0.1, -0.05) is 0 Å². The van der Waals surface area contributed by atoms with E-state index in [1.165, 1.54) is 12.7 Å². The van der Waals surface area contributed by atoms with E-state index in [1.807, 2.05) is 0 Å². The smallest absolute Gasteiger partial charge is 0.329 e. The molecule has 1 N–H and O–H groups in total. The normalized spacial score (nSPS) is 20.0. The summed E-state index contributed by atoms with van der Waals surface area (Å²) in [6.07, 6.45) is 5.26. The van der Waals surface area contributed by atoms with E-state index in [4.69, 9.17) is 5.11 Å². The number of rotatable bonds is 2. The number of carbonyl (C=O) groups is 1. The fourth-order valence-electron chi connectivity index (χ4n) is 1.52. The Balaban J connectivity index is 2.35. The highest BCUT2D eigenvalue weighted by molar-refractivity contribution is 5.77. The Kier molecular flexibility index (Phi) is 1.39. The third-order valence-corrected chi connectivity index (χ3v) is 2.49. The molecule has 1 aliphatic carbocycles. The molecule has 0 amide bonds. The molecule has 1 heterocycles. The summed E-state index contributed by atoms with van der Waals surface area (Å²) in [5, 5.41) is 16.2. The van der Waals surface area contributed by atoms with Gasteiger partial charge in [0.05, 0.1) is 0 Å². The summed E-state index contributed by atoms with van der Waals surface area (Å²) in [7, 11) is 0. The van der Waals surface area contributed by atoms with Gasteiger partial charge >= 0.3 is 5.97 Å². The summed E-state index contributed by atoms with van der Waals surface area (Å²) in [6, 6.07) is 0. The standard InChI is InChI=1S/C7H9N3O2/c11-6(12)7(2-1-3-7)10-4-8-9-5-10/h4-5H,1-3H2,(H,11,12). The first-order valence-corrected chi connectivity index (χ1v) is 3.84. The summed E-state index contributed by atoms with van der Waals surface area (Å²) in [6.45, 7) is 0. The van der Waals surface area contributed by atoms with Crippen molar-refractivity contribution >= 4 is 5.97 Å². The maximum absolute atomic E-state index is 10.9. The maximum Gasteiger partial charge on any atom is 0.329 e. The van der Waals surface area contributed by atoms with E-state index >= 15 is 0 Å². The molecule has 1 aromatic heterocycles. The first-order valence-electron chi connectivity index (χ1n) is 3.84. The minimum atomic E-state index is -0.784. The number of carboxylic acids is 1. The quantitative estimate of drug-likeness (QED) is 0.685. The van der Waals surface area contributed by atoms with Gasteiger partial charge in [0.1, 0.15) is 18.2 Å². The predicted octanol–water partition coefficient (Wildman–Crippen LogP) is 0.242. The molecule has 0 aliphatic heterocycles. The van der Waals surface area contributed by atoms with Crippen LogP contribution in [0.4, 0.5) is 0 Å². The first kappa shape index (κ1) is 7.27. The van der Waals surface area contributed by atoms with Crippen molar-refractivity contribution in [2.45, 2.75) is 24.8 Å². The van der Waals surface area contributed by atoms with Crippen molar-refractivity contribution in [2.24, 2.45) is 0 Å². The van der Waals surface area contributed by atoms with Gasteiger partial charge in [-0.3, -0.25) is 0 Å². The van der Waals surface area contributed by atoms with E-state index in [9.17, 15) is 4.79 Å². The Morgan fingerprint density at radius 3 is 2.33 bits per heavy atom. The summed E-state index contributed by atoms with van der Waals surface area (Å²) in [5.74, 6) is -0.784. The van der Waals surface area contributed by atoms with Gasteiger partial charge in [-0.2, -0.15) is 0 Å². The molecule has 1 aliphatic rings. The van der Waals surface area contributed by atoms with Gasteiger partial charge in [0.15, 0.2) is 0 Å². The van der Waals surface area contributed by atoms with Crippen LogP contribution in [0, 0.1) is 0 Å². The van der Waals surface area contributed by atoms with Crippen LogP contribution in [-0.4, -0.2) is 25.8 Å². The lowest BCUT2D eigenvalue weighted by molar-refractivity contribution is -0.152. The van der Waals surface area contributed by atoms with Crippen LogP contribution < -0.4 is 0 Å². The van der Waals surface area contributed by atoms with Crippen LogP contribution in [0.5, 0.6) is 0 Å². The molecular weight excluding hydrogens is 158 g/mol. The first-order chi connectivity index (χ1) is 5.76. The maximum atomic E-state index is 10.9. The molecule has 0 spiro atoms. The number of hydrogen-bond donors (Lipinski definition) is 1. The van der Waals surface area contributed by atoms with Crippen LogP contribution in [0.1, 0.15) is 19.3 Å². The number of nitrogens with zero attached hydrogens (tertiary/aromatic N) is 3. The fourth-order valence-corrected chi connectivity index (χ4v) is 1.52. The zero-order chi connectivity index (χ0) is 8.60. The Bertz CT molecular complexity index is 290. The Morgan fingerprint density at radius 1 is 1.42 bits per heavy atom. The highest BCUT2D eigenvalue weighted by Gasteiger charge is 2.46. The molecule has 2 rings (SSSR count). The lowest BCUT2D eigenvalue weighted by atomic mass is 9.76. The number of aliphatic carboxylic acids is 1. The van der Waals surface area contributed by atoms with Crippen molar-refractivity contribution in [3.05, 3.63) is 12.7 Å². The molecule has 0 aromatic carbocycles. The molecule has 0 saturated heterocycles. The van der Waals surface area contributed by atoms with Crippen LogP contribution >= 0.6 is 0 Å². The average molecular weight is 167 g/mol. The Morgan fingerprint density at radius 2 is 2.00 bits per heavy atom. The van der Waals surface area contributed by atoms with E-state index in [2.05, 4.69) is 10.2 Å². The number of carboxylic acid groups (broad SMARTS) is 1. The van der Waals surface area contributed by atoms with Gasteiger partial charge in [-0.15, -0.1) is 10.2 Å². The molecule has 5 nitrogen and oxygen atoms in total. The van der Waals surface area contributed by atoms with E-state index in [0.29, 0.717) is 12.8 Å². The minimum Gasteiger partial charge on any atom is -0.479 e. The zero-order valence-corrected chi connectivity index (χ0v) is 6.47. The molecule has 5 heteroatoms. The van der Waals surface area contributed by atoms with E-state index in [1.54, 1.807) is 4.57 Å². The van der Waals surface area contributed by atoms with Gasteiger partial charge in [0.25, 0.3) is 0 Å². The Hall–Kier alpha value is -1.39. The SMILES string of the molecule is O=C(O)C1(n2cnnc2)CCC1. The molecule has 64 valence electrons. The van der Waals surface area contributed by atoms with Crippen molar-refractivity contribution in [3.63, 3.8) is 0 Å². The van der Waals surface area contributed by atoms with Crippen molar-refractivity contribution in [3.8, 4) is 0 Å². The second kappa shape index (κ2) is 2.30. The number of aromatic nitrogens is 3. The highest BCUT2D eigenvalue weighted by Crippen LogP contribution is 2.38. The molecular formula is C7H9N3O2. The molecule has 12 heavy (non-hydrogen) atoms. The molecule has 0 bridgehead atoms. The van der Waals surface area contributed by atoms with Crippen LogP contribution in [0.3, 0.4) is 0 Å².